The van der Waals surface area contributed by atoms with E-state index < -0.39 is 0 Å². The molecule has 0 bridgehead atoms. The van der Waals surface area contributed by atoms with E-state index in [0.717, 1.165) is 50.3 Å². The zero-order chi connectivity index (χ0) is 17.3. The van der Waals surface area contributed by atoms with Crippen LogP contribution in [0.15, 0.2) is 24.3 Å². The smallest absolute Gasteiger partial charge is 0.253 e. The molecule has 0 unspecified atom stereocenters. The molecule has 0 atom stereocenters. The number of aliphatic hydroxyl groups excluding tert-OH is 1. The molecule has 1 aromatic carbocycles. The number of carbonyl (C=O) groups is 1. The number of piperidine rings is 2. The van der Waals surface area contributed by atoms with Gasteiger partial charge in [-0.05, 0) is 68.2 Å². The first-order valence-electron chi connectivity index (χ1n) is 9.98. The van der Waals surface area contributed by atoms with E-state index in [0.29, 0.717) is 5.41 Å². The third-order valence-electron chi connectivity index (χ3n) is 6.72. The van der Waals surface area contributed by atoms with E-state index in [1.54, 1.807) is 0 Å². The predicted molar refractivity (Wildman–Crippen MR) is 99.9 cm³/mol. The van der Waals surface area contributed by atoms with Crippen molar-refractivity contribution in [3.63, 3.8) is 0 Å². The van der Waals surface area contributed by atoms with Gasteiger partial charge in [0.1, 0.15) is 0 Å². The molecule has 25 heavy (non-hydrogen) atoms. The molecule has 2 heterocycles. The molecule has 136 valence electrons. The van der Waals surface area contributed by atoms with Crippen LogP contribution in [0.5, 0.6) is 0 Å². The summed E-state index contributed by atoms with van der Waals surface area (Å²) >= 11 is 0. The molecule has 1 aromatic rings. The molecule has 1 amide bonds. The Balaban J connectivity index is 1.36. The maximum absolute atomic E-state index is 12.8. The minimum Gasteiger partial charge on any atom is -0.393 e. The van der Waals surface area contributed by atoms with Gasteiger partial charge in [-0.25, -0.2) is 0 Å². The number of carbonyl (C=O) groups excluding carboxylic acids is 1. The van der Waals surface area contributed by atoms with Gasteiger partial charge >= 0.3 is 0 Å². The molecule has 3 aliphatic rings. The van der Waals surface area contributed by atoms with Crippen LogP contribution >= 0.6 is 0 Å². The summed E-state index contributed by atoms with van der Waals surface area (Å²) in [4.78, 5) is 17.2. The number of anilines is 1. The topological polar surface area (TPSA) is 43.8 Å². The van der Waals surface area contributed by atoms with Crippen LogP contribution in [-0.4, -0.2) is 48.2 Å². The first kappa shape index (κ1) is 16.9. The second-order valence-electron chi connectivity index (χ2n) is 8.26. The third kappa shape index (κ3) is 3.55. The van der Waals surface area contributed by atoms with Gasteiger partial charge in [-0.3, -0.25) is 4.79 Å². The first-order chi connectivity index (χ1) is 12.2. The molecule has 0 radical (unpaired) electrons. The fraction of sp³-hybridized carbons (Fsp3) is 0.667. The van der Waals surface area contributed by atoms with E-state index in [-0.39, 0.29) is 12.0 Å². The van der Waals surface area contributed by atoms with Crippen LogP contribution in [-0.2, 0) is 0 Å². The van der Waals surface area contributed by atoms with Gasteiger partial charge < -0.3 is 14.9 Å². The van der Waals surface area contributed by atoms with Gasteiger partial charge in [0, 0.05) is 37.4 Å². The lowest BCUT2D eigenvalue weighted by molar-refractivity contribution is 0.0587. The number of aliphatic hydroxyl groups is 1. The van der Waals surface area contributed by atoms with Gasteiger partial charge in [0.25, 0.3) is 5.91 Å². The largest absolute Gasteiger partial charge is 0.393 e. The van der Waals surface area contributed by atoms with Gasteiger partial charge in [-0.15, -0.1) is 0 Å². The molecule has 2 aliphatic heterocycles. The average molecular weight is 342 g/mol. The van der Waals surface area contributed by atoms with E-state index >= 15 is 0 Å². The van der Waals surface area contributed by atoms with Gasteiger partial charge in [0.15, 0.2) is 0 Å². The van der Waals surface area contributed by atoms with Crippen molar-refractivity contribution in [3.05, 3.63) is 29.8 Å². The lowest BCUT2D eigenvalue weighted by Crippen LogP contribution is -2.42. The van der Waals surface area contributed by atoms with Crippen molar-refractivity contribution < 1.29 is 9.90 Å². The van der Waals surface area contributed by atoms with Crippen LogP contribution in [0.2, 0.25) is 0 Å². The first-order valence-corrected chi connectivity index (χ1v) is 9.98. The molecule has 1 saturated carbocycles. The lowest BCUT2D eigenvalue weighted by Gasteiger charge is -2.39. The van der Waals surface area contributed by atoms with E-state index in [1.807, 2.05) is 12.1 Å². The summed E-state index contributed by atoms with van der Waals surface area (Å²) in [5.41, 5.74) is 2.52. The van der Waals surface area contributed by atoms with E-state index in [2.05, 4.69) is 21.9 Å². The van der Waals surface area contributed by atoms with E-state index in [4.69, 9.17) is 0 Å². The van der Waals surface area contributed by atoms with E-state index in [9.17, 15) is 9.90 Å². The fourth-order valence-corrected chi connectivity index (χ4v) is 4.93. The van der Waals surface area contributed by atoms with Gasteiger partial charge in [-0.1, -0.05) is 12.8 Å². The average Bonchev–Trinajstić information content (AvgIpc) is 3.11. The molecule has 1 N–H and O–H groups in total. The van der Waals surface area contributed by atoms with Crippen molar-refractivity contribution >= 4 is 11.6 Å². The molecule has 4 nitrogen and oxygen atoms in total. The molecule has 4 heteroatoms. The summed E-state index contributed by atoms with van der Waals surface area (Å²) in [7, 11) is 0. The molecule has 1 spiro atoms. The summed E-state index contributed by atoms with van der Waals surface area (Å²) in [6, 6.07) is 8.08. The number of likely N-dealkylation sites (tertiary alicyclic amines) is 1. The van der Waals surface area contributed by atoms with Gasteiger partial charge in [0.05, 0.1) is 6.10 Å². The molecule has 1 aliphatic carbocycles. The van der Waals surface area contributed by atoms with Crippen LogP contribution in [0.4, 0.5) is 5.69 Å². The molecular weight excluding hydrogens is 312 g/mol. The predicted octanol–water partition coefficient (Wildman–Crippen LogP) is 3.44. The maximum Gasteiger partial charge on any atom is 0.253 e. The van der Waals surface area contributed by atoms with Gasteiger partial charge in [0.2, 0.25) is 0 Å². The maximum atomic E-state index is 12.8. The van der Waals surface area contributed by atoms with Crippen molar-refractivity contribution in [2.75, 3.05) is 31.1 Å². The Hall–Kier alpha value is -1.55. The molecule has 2 saturated heterocycles. The van der Waals surface area contributed by atoms with Crippen molar-refractivity contribution in [3.8, 4) is 0 Å². The van der Waals surface area contributed by atoms with Crippen LogP contribution in [0, 0.1) is 5.41 Å². The fourth-order valence-electron chi connectivity index (χ4n) is 4.93. The Morgan fingerprint density at radius 1 is 0.920 bits per heavy atom. The Morgan fingerprint density at radius 2 is 1.52 bits per heavy atom. The van der Waals surface area contributed by atoms with Crippen molar-refractivity contribution in [2.24, 2.45) is 5.41 Å². The summed E-state index contributed by atoms with van der Waals surface area (Å²) in [5.74, 6) is 0.188. The normalized spacial score (nSPS) is 24.0. The van der Waals surface area contributed by atoms with Crippen molar-refractivity contribution in [1.29, 1.82) is 0 Å². The number of nitrogens with zero attached hydrogens (tertiary/aromatic N) is 2. The standard InChI is InChI=1S/C21H30N2O2/c24-19-7-13-22(14-8-19)18-5-3-17(4-6-18)20(25)23-15-11-21(12-16-23)9-1-2-10-21/h3-6,19,24H,1-2,7-16H2. The van der Waals surface area contributed by atoms with Gasteiger partial charge in [-0.2, -0.15) is 0 Å². The Labute approximate surface area is 150 Å². The summed E-state index contributed by atoms with van der Waals surface area (Å²) in [6.07, 6.45) is 9.38. The summed E-state index contributed by atoms with van der Waals surface area (Å²) < 4.78 is 0. The monoisotopic (exact) mass is 342 g/mol. The Morgan fingerprint density at radius 3 is 2.12 bits per heavy atom. The van der Waals surface area contributed by atoms with Crippen molar-refractivity contribution in [1.82, 2.24) is 4.90 Å². The zero-order valence-electron chi connectivity index (χ0n) is 15.1. The van der Waals surface area contributed by atoms with Crippen LogP contribution in [0.25, 0.3) is 0 Å². The molecule has 4 rings (SSSR count). The quantitative estimate of drug-likeness (QED) is 0.895. The SMILES string of the molecule is O=C(c1ccc(N2CCC(O)CC2)cc1)N1CCC2(CCCC2)CC1. The zero-order valence-corrected chi connectivity index (χ0v) is 15.1. The third-order valence-corrected chi connectivity index (χ3v) is 6.72. The number of rotatable bonds is 2. The van der Waals surface area contributed by atoms with Crippen LogP contribution in [0.3, 0.4) is 0 Å². The highest BCUT2D eigenvalue weighted by molar-refractivity contribution is 5.94. The minimum absolute atomic E-state index is 0.153. The number of hydrogen-bond acceptors (Lipinski definition) is 3. The number of benzene rings is 1. The second-order valence-corrected chi connectivity index (χ2v) is 8.26. The molecule has 0 aromatic heterocycles. The Bertz CT molecular complexity index is 589. The van der Waals surface area contributed by atoms with Crippen molar-refractivity contribution in [2.45, 2.75) is 57.5 Å². The van der Waals surface area contributed by atoms with E-state index in [1.165, 1.54) is 38.5 Å². The highest BCUT2D eigenvalue weighted by Gasteiger charge is 2.38. The molecule has 3 fully saturated rings. The number of amides is 1. The van der Waals surface area contributed by atoms with Crippen LogP contribution in [0.1, 0.15) is 61.7 Å². The number of hydrogen-bond donors (Lipinski definition) is 1. The van der Waals surface area contributed by atoms with Crippen LogP contribution < -0.4 is 4.90 Å². The summed E-state index contributed by atoms with van der Waals surface area (Å²) in [6.45, 7) is 3.63. The highest BCUT2D eigenvalue weighted by Crippen LogP contribution is 2.46. The lowest BCUT2D eigenvalue weighted by atomic mass is 9.77. The second kappa shape index (κ2) is 6.99. The highest BCUT2D eigenvalue weighted by atomic mass is 16.3. The Kier molecular flexibility index (Phi) is 4.72. The summed E-state index contributed by atoms with van der Waals surface area (Å²) in [5, 5.41) is 9.63. The minimum atomic E-state index is -0.153. The molecular formula is C21H30N2O2.